The predicted molar refractivity (Wildman–Crippen MR) is 167 cm³/mol. The first-order valence-electron chi connectivity index (χ1n) is 14.9. The van der Waals surface area contributed by atoms with Crippen molar-refractivity contribution >= 4 is 51.6 Å². The van der Waals surface area contributed by atoms with E-state index in [1.165, 1.54) is 24.5 Å². The van der Waals surface area contributed by atoms with Gasteiger partial charge in [0.2, 0.25) is 5.91 Å². The summed E-state index contributed by atoms with van der Waals surface area (Å²) in [6, 6.07) is 8.19. The van der Waals surface area contributed by atoms with Gasteiger partial charge in [0, 0.05) is 55.4 Å². The number of carbonyl (C=O) groups excluding carboxylic acids is 2. The Balaban J connectivity index is 1.13. The monoisotopic (exact) mass is 622 g/mol. The molecule has 2 N–H and O–H groups in total. The number of benzene rings is 2. The van der Waals surface area contributed by atoms with E-state index in [1.54, 1.807) is 18.2 Å². The van der Waals surface area contributed by atoms with Crippen molar-refractivity contribution in [2.24, 2.45) is 5.92 Å². The van der Waals surface area contributed by atoms with Crippen LogP contribution < -0.4 is 15.4 Å². The van der Waals surface area contributed by atoms with E-state index in [2.05, 4.69) is 30.4 Å². The SMILES string of the molecule is CC1(C)CN(C2CCN(CC=CC(=O)Nc3cc4c(Nc5ccc(F)c(Cl)c5)ncnc4cc3OCC3CC3)C2)CC(=O)O1. The average molecular weight is 623 g/mol. The number of anilines is 3. The zero-order chi connectivity index (χ0) is 30.8. The fraction of sp³-hybridized carbons (Fsp3) is 0.438. The van der Waals surface area contributed by atoms with Crippen LogP contribution in [0.3, 0.4) is 0 Å². The standard InChI is InChI=1S/C32H36ClFN6O4/c1-32(2)18-40(16-30(42)44-32)22-9-11-39(15-22)10-3-4-29(41)38-27-13-23-26(14-28(27)43-17-20-5-6-20)35-19-36-31(23)37-21-7-8-25(34)24(33)12-21/h3-4,7-8,12-14,19-20,22H,5-6,9-11,15-18H2,1-2H3,(H,38,41)(H,35,36,37). The Bertz CT molecular complexity index is 1600. The Kier molecular flexibility index (Phi) is 8.70. The summed E-state index contributed by atoms with van der Waals surface area (Å²) in [6.07, 6.45) is 8.04. The Morgan fingerprint density at radius 1 is 1.23 bits per heavy atom. The number of amides is 1. The highest BCUT2D eigenvalue weighted by Crippen LogP contribution is 2.36. The molecule has 12 heteroatoms. The van der Waals surface area contributed by atoms with Gasteiger partial charge in [0.05, 0.1) is 29.4 Å². The van der Waals surface area contributed by atoms with Crippen LogP contribution in [-0.2, 0) is 14.3 Å². The van der Waals surface area contributed by atoms with Crippen molar-refractivity contribution in [1.29, 1.82) is 0 Å². The second kappa shape index (κ2) is 12.7. The number of halogens is 2. The highest BCUT2D eigenvalue weighted by Gasteiger charge is 2.38. The number of aromatic nitrogens is 2. The number of morpholine rings is 1. The summed E-state index contributed by atoms with van der Waals surface area (Å²) in [4.78, 5) is 38.4. The molecule has 1 aliphatic carbocycles. The number of fused-ring (bicyclic) bond motifs is 1. The van der Waals surface area contributed by atoms with Gasteiger partial charge in [-0.2, -0.15) is 0 Å². The van der Waals surface area contributed by atoms with Gasteiger partial charge in [-0.1, -0.05) is 17.7 Å². The summed E-state index contributed by atoms with van der Waals surface area (Å²) in [6.45, 7) is 7.82. The molecule has 10 nitrogen and oxygen atoms in total. The largest absolute Gasteiger partial charge is 0.491 e. The molecule has 232 valence electrons. The molecule has 3 aliphatic rings. The number of hydrogen-bond donors (Lipinski definition) is 2. The number of cyclic esters (lactones) is 1. The lowest BCUT2D eigenvalue weighted by atomic mass is 10.0. The van der Waals surface area contributed by atoms with Crippen LogP contribution in [0.1, 0.15) is 33.1 Å². The number of esters is 1. The van der Waals surface area contributed by atoms with Gasteiger partial charge in [-0.15, -0.1) is 0 Å². The van der Waals surface area contributed by atoms with Crippen LogP contribution in [0.2, 0.25) is 5.02 Å². The van der Waals surface area contributed by atoms with E-state index in [1.807, 2.05) is 19.9 Å². The quantitative estimate of drug-likeness (QED) is 0.234. The topological polar surface area (TPSA) is 109 Å². The third kappa shape index (κ3) is 7.46. The van der Waals surface area contributed by atoms with E-state index in [-0.39, 0.29) is 22.9 Å². The maximum absolute atomic E-state index is 13.7. The fourth-order valence-electron chi connectivity index (χ4n) is 5.70. The van der Waals surface area contributed by atoms with Gasteiger partial charge in [0.15, 0.2) is 0 Å². The Labute approximate surface area is 260 Å². The molecule has 1 atom stereocenters. The van der Waals surface area contributed by atoms with E-state index >= 15 is 0 Å². The minimum Gasteiger partial charge on any atom is -0.491 e. The molecule has 1 aromatic heterocycles. The van der Waals surface area contributed by atoms with E-state index < -0.39 is 11.4 Å². The fourth-order valence-corrected chi connectivity index (χ4v) is 5.88. The Morgan fingerprint density at radius 2 is 2.07 bits per heavy atom. The highest BCUT2D eigenvalue weighted by atomic mass is 35.5. The van der Waals surface area contributed by atoms with E-state index in [9.17, 15) is 14.0 Å². The van der Waals surface area contributed by atoms with Gasteiger partial charge in [-0.25, -0.2) is 14.4 Å². The molecular weight excluding hydrogens is 587 g/mol. The summed E-state index contributed by atoms with van der Waals surface area (Å²) >= 11 is 5.97. The third-order valence-corrected chi connectivity index (χ3v) is 8.34. The lowest BCUT2D eigenvalue weighted by Gasteiger charge is -2.40. The molecule has 0 radical (unpaired) electrons. The van der Waals surface area contributed by atoms with E-state index in [0.29, 0.717) is 66.0 Å². The second-order valence-electron chi connectivity index (χ2n) is 12.3. The zero-order valence-corrected chi connectivity index (χ0v) is 25.6. The van der Waals surface area contributed by atoms with Crippen LogP contribution in [0.25, 0.3) is 10.9 Å². The molecule has 1 saturated carbocycles. The summed E-state index contributed by atoms with van der Waals surface area (Å²) in [7, 11) is 0. The van der Waals surface area contributed by atoms with Crippen LogP contribution in [0.5, 0.6) is 5.75 Å². The van der Waals surface area contributed by atoms with Crippen LogP contribution >= 0.6 is 11.6 Å². The van der Waals surface area contributed by atoms with Gasteiger partial charge in [-0.3, -0.25) is 19.4 Å². The molecule has 1 amide bonds. The molecule has 0 bridgehead atoms. The van der Waals surface area contributed by atoms with Gasteiger partial charge in [-0.05, 0) is 63.3 Å². The summed E-state index contributed by atoms with van der Waals surface area (Å²) in [5, 5.41) is 6.79. The van der Waals surface area contributed by atoms with Gasteiger partial charge in [0.25, 0.3) is 0 Å². The smallest absolute Gasteiger partial charge is 0.320 e. The molecule has 3 heterocycles. The molecular formula is C32H36ClFN6O4. The minimum absolute atomic E-state index is 0.00606. The first-order valence-corrected chi connectivity index (χ1v) is 15.3. The highest BCUT2D eigenvalue weighted by molar-refractivity contribution is 6.31. The van der Waals surface area contributed by atoms with Crippen LogP contribution in [0, 0.1) is 11.7 Å². The van der Waals surface area contributed by atoms with Crippen LogP contribution in [-0.4, -0.2) is 82.6 Å². The summed E-state index contributed by atoms with van der Waals surface area (Å²) in [5.74, 6) is 0.555. The van der Waals surface area contributed by atoms with Crippen molar-refractivity contribution < 1.29 is 23.5 Å². The van der Waals surface area contributed by atoms with Gasteiger partial charge in [0.1, 0.15) is 29.3 Å². The maximum atomic E-state index is 13.7. The van der Waals surface area contributed by atoms with Gasteiger partial charge >= 0.3 is 5.97 Å². The number of hydrogen-bond acceptors (Lipinski definition) is 9. The number of nitrogens with zero attached hydrogens (tertiary/aromatic N) is 4. The lowest BCUT2D eigenvalue weighted by molar-refractivity contribution is -0.171. The second-order valence-corrected chi connectivity index (χ2v) is 12.7. The van der Waals surface area contributed by atoms with Crippen molar-refractivity contribution in [3.05, 3.63) is 59.7 Å². The number of carbonyl (C=O) groups is 2. The number of likely N-dealkylation sites (tertiary alicyclic amines) is 1. The molecule has 3 fully saturated rings. The number of nitrogens with one attached hydrogen (secondary N) is 2. The molecule has 3 aromatic rings. The molecule has 6 rings (SSSR count). The molecule has 2 saturated heterocycles. The molecule has 1 unspecified atom stereocenters. The van der Waals surface area contributed by atoms with Crippen molar-refractivity contribution in [3.8, 4) is 5.75 Å². The molecule has 44 heavy (non-hydrogen) atoms. The number of rotatable bonds is 10. The Morgan fingerprint density at radius 3 is 2.84 bits per heavy atom. The van der Waals surface area contributed by atoms with Crippen LogP contribution in [0.15, 0.2) is 48.8 Å². The molecule has 2 aromatic carbocycles. The normalized spacial score (nSPS) is 20.6. The predicted octanol–water partition coefficient (Wildman–Crippen LogP) is 5.16. The maximum Gasteiger partial charge on any atom is 0.320 e. The first-order chi connectivity index (χ1) is 21.1. The van der Waals surface area contributed by atoms with Crippen molar-refractivity contribution in [2.75, 3.05) is 50.0 Å². The van der Waals surface area contributed by atoms with Gasteiger partial charge < -0.3 is 20.1 Å². The van der Waals surface area contributed by atoms with E-state index in [4.69, 9.17) is 21.1 Å². The average Bonchev–Trinajstić information content (AvgIpc) is 3.68. The minimum atomic E-state index is -0.512. The zero-order valence-electron chi connectivity index (χ0n) is 24.8. The molecule has 2 aliphatic heterocycles. The van der Waals surface area contributed by atoms with E-state index in [0.717, 1.165) is 32.4 Å². The molecule has 0 spiro atoms. The van der Waals surface area contributed by atoms with Crippen LogP contribution in [0.4, 0.5) is 21.6 Å². The van der Waals surface area contributed by atoms with Crippen molar-refractivity contribution in [2.45, 2.75) is 44.8 Å². The van der Waals surface area contributed by atoms with Crippen molar-refractivity contribution in [3.63, 3.8) is 0 Å². The first kappa shape index (κ1) is 30.2. The summed E-state index contributed by atoms with van der Waals surface area (Å²) < 4.78 is 25.2. The third-order valence-electron chi connectivity index (χ3n) is 8.05. The lowest BCUT2D eigenvalue weighted by Crippen LogP contribution is -2.54. The Hall–Kier alpha value is -3.80. The summed E-state index contributed by atoms with van der Waals surface area (Å²) in [5.41, 5.74) is 1.21. The van der Waals surface area contributed by atoms with Crippen molar-refractivity contribution in [1.82, 2.24) is 19.8 Å². The number of ether oxygens (including phenoxy) is 2.